The minimum atomic E-state index is 0.365. The molecular weight excluding hydrogens is 278 g/mol. The van der Waals surface area contributed by atoms with Gasteiger partial charge in [0.2, 0.25) is 0 Å². The van der Waals surface area contributed by atoms with Gasteiger partial charge in [0.05, 0.1) is 20.1 Å². The molecule has 1 nitrogen and oxygen atoms in total. The van der Waals surface area contributed by atoms with Gasteiger partial charge in [-0.15, -0.1) is 0 Å². The molecule has 3 rings (SSSR count). The number of hydrogen-bond donors (Lipinski definition) is 0. The Kier molecular flexibility index (Phi) is 4.62. The summed E-state index contributed by atoms with van der Waals surface area (Å²) in [6.07, 6.45) is 9.79. The molecule has 0 aromatic heterocycles. The van der Waals surface area contributed by atoms with Gasteiger partial charge < -0.3 is 4.48 Å². The molecule has 0 spiro atoms. The van der Waals surface area contributed by atoms with Crippen molar-refractivity contribution in [3.05, 3.63) is 35.9 Å². The van der Waals surface area contributed by atoms with Crippen molar-refractivity contribution in [3.63, 3.8) is 0 Å². The number of hydrogen-bond acceptors (Lipinski definition) is 0. The van der Waals surface area contributed by atoms with Gasteiger partial charge in [-0.1, -0.05) is 51.1 Å². The lowest BCUT2D eigenvalue weighted by Crippen LogP contribution is -2.63. The summed E-state index contributed by atoms with van der Waals surface area (Å²) in [4.78, 5) is 0. The zero-order chi connectivity index (χ0) is 16.6. The fourth-order valence-corrected chi connectivity index (χ4v) is 5.49. The maximum absolute atomic E-state index is 2.56. The predicted octanol–water partition coefficient (Wildman–Crippen LogP) is 5.75. The van der Waals surface area contributed by atoms with Crippen LogP contribution in [0.4, 0.5) is 0 Å². The van der Waals surface area contributed by atoms with Crippen LogP contribution in [0.25, 0.3) is 0 Å². The van der Waals surface area contributed by atoms with E-state index < -0.39 is 0 Å². The molecule has 128 valence electrons. The standard InChI is InChI=1S/C22H36N/c1-21(2,3)19-13-15-22(16-14-19,20-11-7-5-8-12-20)23(4)17-9-6-10-18-23/h5,7-8,11-12,19H,6,9-10,13-18H2,1-4H3/q+1. The van der Waals surface area contributed by atoms with Gasteiger partial charge in [-0.2, -0.15) is 0 Å². The largest absolute Gasteiger partial charge is 0.317 e. The molecule has 1 heteroatoms. The normalized spacial score (nSPS) is 31.7. The SMILES string of the molecule is CC(C)(C)C1CCC(c2ccccc2)([N+]2(C)CCCCC2)CC1. The molecule has 0 bridgehead atoms. The molecule has 1 aromatic rings. The molecular formula is C22H36N+. The van der Waals surface area contributed by atoms with Gasteiger partial charge in [0, 0.05) is 18.4 Å². The molecule has 1 aliphatic carbocycles. The van der Waals surface area contributed by atoms with Crippen molar-refractivity contribution in [1.29, 1.82) is 0 Å². The average Bonchev–Trinajstić information content (AvgIpc) is 2.55. The fourth-order valence-electron chi connectivity index (χ4n) is 5.49. The van der Waals surface area contributed by atoms with E-state index in [2.05, 4.69) is 58.2 Å². The summed E-state index contributed by atoms with van der Waals surface area (Å²) in [5, 5.41) is 0. The van der Waals surface area contributed by atoms with E-state index >= 15 is 0 Å². The number of quaternary nitrogens is 1. The summed E-state index contributed by atoms with van der Waals surface area (Å²) in [5.74, 6) is 0.885. The van der Waals surface area contributed by atoms with Gasteiger partial charge in [-0.3, -0.25) is 0 Å². The van der Waals surface area contributed by atoms with Gasteiger partial charge in [-0.05, 0) is 43.4 Å². The van der Waals surface area contributed by atoms with E-state index in [1.165, 1.54) is 62.5 Å². The van der Waals surface area contributed by atoms with Crippen molar-refractivity contribution in [1.82, 2.24) is 0 Å². The van der Waals surface area contributed by atoms with Gasteiger partial charge >= 0.3 is 0 Å². The first kappa shape index (κ1) is 17.0. The van der Waals surface area contributed by atoms with E-state index in [1.807, 2.05) is 0 Å². The monoisotopic (exact) mass is 314 g/mol. The van der Waals surface area contributed by atoms with E-state index in [4.69, 9.17) is 0 Å². The smallest absolute Gasteiger partial charge is 0.125 e. The van der Waals surface area contributed by atoms with Crippen molar-refractivity contribution in [2.45, 2.75) is 71.3 Å². The van der Waals surface area contributed by atoms with Gasteiger partial charge in [0.15, 0.2) is 0 Å². The van der Waals surface area contributed by atoms with Gasteiger partial charge in [0.25, 0.3) is 0 Å². The fraction of sp³-hybridized carbons (Fsp3) is 0.727. The molecule has 1 aliphatic heterocycles. The Morgan fingerprint density at radius 1 is 0.913 bits per heavy atom. The molecule has 1 saturated heterocycles. The zero-order valence-corrected chi connectivity index (χ0v) is 15.8. The molecule has 0 N–H and O–H groups in total. The van der Waals surface area contributed by atoms with E-state index in [1.54, 1.807) is 5.56 Å². The average molecular weight is 315 g/mol. The maximum atomic E-state index is 2.56. The summed E-state index contributed by atoms with van der Waals surface area (Å²) in [7, 11) is 2.56. The minimum Gasteiger partial charge on any atom is -0.317 e. The Balaban J connectivity index is 1.93. The van der Waals surface area contributed by atoms with Crippen LogP contribution in [0, 0.1) is 11.3 Å². The van der Waals surface area contributed by atoms with E-state index in [0.717, 1.165) is 5.92 Å². The third-order valence-electron chi connectivity index (χ3n) is 7.19. The van der Waals surface area contributed by atoms with Crippen molar-refractivity contribution < 1.29 is 4.48 Å². The summed E-state index contributed by atoms with van der Waals surface area (Å²) in [5.41, 5.74) is 2.43. The topological polar surface area (TPSA) is 0 Å². The number of rotatable bonds is 2. The molecule has 0 radical (unpaired) electrons. The molecule has 2 fully saturated rings. The van der Waals surface area contributed by atoms with Crippen molar-refractivity contribution in [2.75, 3.05) is 20.1 Å². The molecule has 1 heterocycles. The van der Waals surface area contributed by atoms with E-state index in [9.17, 15) is 0 Å². The van der Waals surface area contributed by atoms with E-state index in [-0.39, 0.29) is 0 Å². The van der Waals surface area contributed by atoms with Crippen LogP contribution < -0.4 is 0 Å². The van der Waals surface area contributed by atoms with Crippen LogP contribution in [0.15, 0.2) is 30.3 Å². The summed E-state index contributed by atoms with van der Waals surface area (Å²) in [6.45, 7) is 10.0. The van der Waals surface area contributed by atoms with Crippen LogP contribution in [0.1, 0.15) is 71.3 Å². The minimum absolute atomic E-state index is 0.365. The van der Waals surface area contributed by atoms with Crippen molar-refractivity contribution in [3.8, 4) is 0 Å². The maximum Gasteiger partial charge on any atom is 0.125 e. The highest BCUT2D eigenvalue weighted by atomic mass is 15.4. The van der Waals surface area contributed by atoms with E-state index in [0.29, 0.717) is 11.0 Å². The summed E-state index contributed by atoms with van der Waals surface area (Å²) < 4.78 is 1.29. The zero-order valence-electron chi connectivity index (χ0n) is 15.8. The predicted molar refractivity (Wildman–Crippen MR) is 99.3 cm³/mol. The lowest BCUT2D eigenvalue weighted by atomic mass is 9.64. The molecule has 0 atom stereocenters. The Morgan fingerprint density at radius 2 is 1.48 bits per heavy atom. The first-order valence-electron chi connectivity index (χ1n) is 9.78. The van der Waals surface area contributed by atoms with Crippen LogP contribution >= 0.6 is 0 Å². The lowest BCUT2D eigenvalue weighted by molar-refractivity contribution is -0.973. The first-order chi connectivity index (χ1) is 10.9. The number of likely N-dealkylation sites (tertiary alicyclic amines) is 1. The first-order valence-corrected chi connectivity index (χ1v) is 9.78. The molecule has 0 amide bonds. The highest BCUT2D eigenvalue weighted by Crippen LogP contribution is 2.51. The third-order valence-corrected chi connectivity index (χ3v) is 7.19. The van der Waals surface area contributed by atoms with Crippen molar-refractivity contribution >= 4 is 0 Å². The Bertz CT molecular complexity index is 497. The summed E-state index contributed by atoms with van der Waals surface area (Å²) >= 11 is 0. The van der Waals surface area contributed by atoms with Crippen LogP contribution in [-0.2, 0) is 5.54 Å². The van der Waals surface area contributed by atoms with Crippen LogP contribution in [0.2, 0.25) is 0 Å². The van der Waals surface area contributed by atoms with Gasteiger partial charge in [-0.25, -0.2) is 0 Å². The van der Waals surface area contributed by atoms with Crippen LogP contribution in [0.3, 0.4) is 0 Å². The van der Waals surface area contributed by atoms with Crippen LogP contribution in [-0.4, -0.2) is 24.6 Å². The Labute approximate surface area is 143 Å². The van der Waals surface area contributed by atoms with Gasteiger partial charge in [0.1, 0.15) is 5.54 Å². The third kappa shape index (κ3) is 3.09. The molecule has 0 unspecified atom stereocenters. The highest BCUT2D eigenvalue weighted by Gasteiger charge is 2.52. The second-order valence-electron chi connectivity index (χ2n) is 9.44. The highest BCUT2D eigenvalue weighted by molar-refractivity contribution is 5.23. The Hall–Kier alpha value is -0.820. The second-order valence-corrected chi connectivity index (χ2v) is 9.44. The molecule has 1 saturated carbocycles. The quantitative estimate of drug-likeness (QED) is 0.610. The Morgan fingerprint density at radius 3 is 2.00 bits per heavy atom. The molecule has 2 aliphatic rings. The number of piperidine rings is 1. The van der Waals surface area contributed by atoms with Crippen LogP contribution in [0.5, 0.6) is 0 Å². The molecule has 1 aromatic carbocycles. The number of nitrogens with zero attached hydrogens (tertiary/aromatic N) is 1. The van der Waals surface area contributed by atoms with Crippen molar-refractivity contribution in [2.24, 2.45) is 11.3 Å². The number of benzene rings is 1. The second kappa shape index (κ2) is 6.24. The summed E-state index contributed by atoms with van der Waals surface area (Å²) in [6, 6.07) is 11.5. The lowest BCUT2D eigenvalue weighted by Gasteiger charge is -2.56. The molecule has 23 heavy (non-hydrogen) atoms.